The summed E-state index contributed by atoms with van der Waals surface area (Å²) in [6.45, 7) is 7.28. The molecule has 0 aliphatic heterocycles. The Morgan fingerprint density at radius 2 is 0.484 bits per heavy atom. The van der Waals surface area contributed by atoms with E-state index in [-0.39, 0.29) is 25.7 Å². The molecule has 0 heterocycles. The second kappa shape index (κ2) is 69.2. The fourth-order valence-electron chi connectivity index (χ4n) is 11.7. The highest BCUT2D eigenvalue weighted by atomic mass is 31.2. The summed E-state index contributed by atoms with van der Waals surface area (Å²) in [5, 5.41) is 10.6. The Morgan fingerprint density at radius 1 is 0.284 bits per heavy atom. The number of hydrogen-bond acceptors (Lipinski definition) is 15. The zero-order chi connectivity index (χ0) is 69.8. The van der Waals surface area contributed by atoms with Crippen LogP contribution in [0.2, 0.25) is 0 Å². The topological polar surface area (TPSA) is 237 Å². The molecule has 0 fully saturated rings. The Balaban J connectivity index is 5.17. The molecule has 5 atom stereocenters. The van der Waals surface area contributed by atoms with E-state index in [2.05, 4.69) is 34.6 Å². The maximum atomic E-state index is 13.1. The molecule has 0 bridgehead atoms. The number of esters is 4. The fourth-order valence-corrected chi connectivity index (χ4v) is 13.3. The standard InChI is InChI=1S/C76H148O17P2/c1-6-9-12-15-18-20-22-23-24-25-26-30-33-37-40-45-50-55-60-74(79)87-66-72(93-76(81)62-57-52-47-42-38-34-31-28-27-29-32-36-39-44-48-53-58-69(4)5)68-91-95(84,85)89-64-70(77)63-88-94(82,83)90-67-71(65-86-73(78)59-54-49-43-17-14-11-8-3)92-75(80)61-56-51-46-41-35-21-19-16-13-10-7-2/h69-72,77H,6-68H2,1-5H3,(H,82,83)(H,84,85)/t70-,71+,72+/m0/s1. The van der Waals surface area contributed by atoms with Crippen molar-refractivity contribution >= 4 is 39.5 Å². The van der Waals surface area contributed by atoms with Gasteiger partial charge in [-0.3, -0.25) is 37.3 Å². The minimum atomic E-state index is -4.96. The lowest BCUT2D eigenvalue weighted by Crippen LogP contribution is -2.30. The van der Waals surface area contributed by atoms with Crippen molar-refractivity contribution in [3.63, 3.8) is 0 Å². The highest BCUT2D eigenvalue weighted by molar-refractivity contribution is 7.47. The summed E-state index contributed by atoms with van der Waals surface area (Å²) >= 11 is 0. The average Bonchev–Trinajstić information content (AvgIpc) is 2.57. The van der Waals surface area contributed by atoms with Crippen LogP contribution in [0.25, 0.3) is 0 Å². The molecule has 0 radical (unpaired) electrons. The highest BCUT2D eigenvalue weighted by Gasteiger charge is 2.30. The zero-order valence-electron chi connectivity index (χ0n) is 61.8. The Kier molecular flexibility index (Phi) is 67.7. The van der Waals surface area contributed by atoms with Crippen LogP contribution in [0.4, 0.5) is 0 Å². The van der Waals surface area contributed by atoms with Crippen molar-refractivity contribution in [2.75, 3.05) is 39.6 Å². The zero-order valence-corrected chi connectivity index (χ0v) is 63.6. The molecule has 0 aromatic carbocycles. The molecule has 19 heteroatoms. The Hall–Kier alpha value is -1.94. The van der Waals surface area contributed by atoms with Crippen LogP contribution < -0.4 is 0 Å². The number of ether oxygens (including phenoxy) is 4. The van der Waals surface area contributed by atoms with Gasteiger partial charge < -0.3 is 33.8 Å². The number of aliphatic hydroxyl groups excluding tert-OH is 1. The molecule has 0 spiro atoms. The van der Waals surface area contributed by atoms with Crippen LogP contribution in [0.15, 0.2) is 0 Å². The van der Waals surface area contributed by atoms with E-state index in [0.717, 1.165) is 109 Å². The van der Waals surface area contributed by atoms with Gasteiger partial charge in [0.2, 0.25) is 0 Å². The number of rotatable bonds is 76. The maximum Gasteiger partial charge on any atom is 0.472 e. The average molecular weight is 1400 g/mol. The minimum absolute atomic E-state index is 0.107. The summed E-state index contributed by atoms with van der Waals surface area (Å²) in [7, 11) is -9.90. The monoisotopic (exact) mass is 1400 g/mol. The molecule has 95 heavy (non-hydrogen) atoms. The van der Waals surface area contributed by atoms with Gasteiger partial charge in [0.15, 0.2) is 12.2 Å². The number of phosphoric acid groups is 2. The van der Waals surface area contributed by atoms with Crippen molar-refractivity contribution in [1.82, 2.24) is 0 Å². The van der Waals surface area contributed by atoms with Gasteiger partial charge in [-0.25, -0.2) is 9.13 Å². The largest absolute Gasteiger partial charge is 0.472 e. The van der Waals surface area contributed by atoms with Gasteiger partial charge in [0.05, 0.1) is 26.4 Å². The van der Waals surface area contributed by atoms with Crippen molar-refractivity contribution in [3.8, 4) is 0 Å². The van der Waals surface area contributed by atoms with Gasteiger partial charge in [-0.2, -0.15) is 0 Å². The summed E-state index contributed by atoms with van der Waals surface area (Å²) in [4.78, 5) is 72.6. The lowest BCUT2D eigenvalue weighted by atomic mass is 10.0. The molecule has 0 aromatic rings. The SMILES string of the molecule is CCCCCCCCCCCCCCCCCCCCC(=O)OC[C@H](COP(=O)(O)OC[C@@H](O)COP(=O)(O)OC[C@@H](COC(=O)CCCCCCCCC)OC(=O)CCCCCCCCCCCCC)OC(=O)CCCCCCCCCCCCCCCCCCC(C)C. The van der Waals surface area contributed by atoms with Crippen molar-refractivity contribution in [1.29, 1.82) is 0 Å². The molecule has 0 rings (SSSR count). The molecule has 0 saturated carbocycles. The molecule has 0 saturated heterocycles. The highest BCUT2D eigenvalue weighted by Crippen LogP contribution is 2.45. The van der Waals surface area contributed by atoms with Crippen molar-refractivity contribution < 1.29 is 80.2 Å². The summed E-state index contributed by atoms with van der Waals surface area (Å²) in [5.74, 6) is -1.31. The first-order valence-corrected chi connectivity index (χ1v) is 42.6. The van der Waals surface area contributed by atoms with Crippen LogP contribution in [0.3, 0.4) is 0 Å². The molecular weight excluding hydrogens is 1250 g/mol. The van der Waals surface area contributed by atoms with E-state index in [1.807, 2.05) is 0 Å². The molecule has 0 aliphatic carbocycles. The quantitative estimate of drug-likeness (QED) is 0.0222. The predicted molar refractivity (Wildman–Crippen MR) is 386 cm³/mol. The first-order chi connectivity index (χ1) is 46.0. The molecule has 0 amide bonds. The Labute approximate surface area is 581 Å². The van der Waals surface area contributed by atoms with Gasteiger partial charge in [0.1, 0.15) is 19.3 Å². The summed E-state index contributed by atoms with van der Waals surface area (Å²) in [5.41, 5.74) is 0. The van der Waals surface area contributed by atoms with Crippen LogP contribution in [-0.4, -0.2) is 96.7 Å². The molecule has 0 aliphatic rings. The van der Waals surface area contributed by atoms with Crippen LogP contribution in [0, 0.1) is 5.92 Å². The number of aliphatic hydroxyl groups is 1. The van der Waals surface area contributed by atoms with E-state index < -0.39 is 97.5 Å². The van der Waals surface area contributed by atoms with Crippen LogP contribution in [0.5, 0.6) is 0 Å². The van der Waals surface area contributed by atoms with Crippen molar-refractivity contribution in [2.24, 2.45) is 5.92 Å². The third-order valence-corrected chi connectivity index (χ3v) is 19.7. The molecule has 3 N–H and O–H groups in total. The van der Waals surface area contributed by atoms with E-state index in [0.29, 0.717) is 25.7 Å². The van der Waals surface area contributed by atoms with Gasteiger partial charge in [-0.15, -0.1) is 0 Å². The van der Waals surface area contributed by atoms with E-state index >= 15 is 0 Å². The number of phosphoric ester groups is 2. The number of carbonyl (C=O) groups is 4. The molecule has 2 unspecified atom stereocenters. The van der Waals surface area contributed by atoms with Crippen molar-refractivity contribution in [2.45, 2.75) is 419 Å². The van der Waals surface area contributed by atoms with Gasteiger partial charge in [0.25, 0.3) is 0 Å². The first kappa shape index (κ1) is 93.1. The minimum Gasteiger partial charge on any atom is -0.462 e. The summed E-state index contributed by atoms with van der Waals surface area (Å²) in [6, 6.07) is 0. The lowest BCUT2D eigenvalue weighted by molar-refractivity contribution is -0.161. The number of unbranched alkanes of at least 4 members (excludes halogenated alkanes) is 48. The van der Waals surface area contributed by atoms with Crippen molar-refractivity contribution in [3.05, 3.63) is 0 Å². The summed E-state index contributed by atoms with van der Waals surface area (Å²) < 4.78 is 68.4. The first-order valence-electron chi connectivity index (χ1n) is 39.6. The van der Waals surface area contributed by atoms with Crippen LogP contribution >= 0.6 is 15.6 Å². The van der Waals surface area contributed by atoms with E-state index in [9.17, 15) is 43.2 Å². The second-order valence-electron chi connectivity index (χ2n) is 27.9. The van der Waals surface area contributed by atoms with Gasteiger partial charge in [-0.05, 0) is 31.6 Å². The fraction of sp³-hybridized carbons (Fsp3) is 0.947. The van der Waals surface area contributed by atoms with Crippen LogP contribution in [0.1, 0.15) is 401 Å². The maximum absolute atomic E-state index is 13.1. The van der Waals surface area contributed by atoms with Gasteiger partial charge in [-0.1, -0.05) is 349 Å². The van der Waals surface area contributed by atoms with E-state index in [1.165, 1.54) is 212 Å². The normalized spacial score (nSPS) is 13.9. The number of hydrogen-bond donors (Lipinski definition) is 3. The lowest BCUT2D eigenvalue weighted by Gasteiger charge is -2.21. The van der Waals surface area contributed by atoms with Gasteiger partial charge >= 0.3 is 39.5 Å². The third kappa shape index (κ3) is 70.3. The second-order valence-corrected chi connectivity index (χ2v) is 30.8. The predicted octanol–water partition coefficient (Wildman–Crippen LogP) is 22.5. The third-order valence-electron chi connectivity index (χ3n) is 17.8. The molecule has 564 valence electrons. The Morgan fingerprint density at radius 3 is 0.716 bits per heavy atom. The van der Waals surface area contributed by atoms with E-state index in [1.54, 1.807) is 0 Å². The number of carbonyl (C=O) groups excluding carboxylic acids is 4. The molecular formula is C76H148O17P2. The smallest absolute Gasteiger partial charge is 0.462 e. The van der Waals surface area contributed by atoms with Crippen LogP contribution in [-0.2, 0) is 65.4 Å². The molecule has 0 aromatic heterocycles. The summed E-state index contributed by atoms with van der Waals surface area (Å²) in [6.07, 6.45) is 58.4. The van der Waals surface area contributed by atoms with Gasteiger partial charge in [0, 0.05) is 25.7 Å². The Bertz CT molecular complexity index is 1820. The molecule has 17 nitrogen and oxygen atoms in total. The van der Waals surface area contributed by atoms with E-state index in [4.69, 9.17) is 37.0 Å².